The summed E-state index contributed by atoms with van der Waals surface area (Å²) in [7, 11) is 3.15. The molecular formula is C9H15NO3. The van der Waals surface area contributed by atoms with Crippen molar-refractivity contribution >= 4 is 5.91 Å². The van der Waals surface area contributed by atoms with Crippen LogP contribution >= 0.6 is 0 Å². The fraction of sp³-hybridized carbons (Fsp3) is 0.889. The number of carbonyl (C=O) groups is 1. The summed E-state index contributed by atoms with van der Waals surface area (Å²) in [5.41, 5.74) is -0.316. The molecule has 3 aliphatic rings. The van der Waals surface area contributed by atoms with Gasteiger partial charge >= 0.3 is 0 Å². The van der Waals surface area contributed by atoms with Gasteiger partial charge in [-0.05, 0) is 19.8 Å². The molecule has 0 N–H and O–H groups in total. The van der Waals surface area contributed by atoms with Gasteiger partial charge in [0, 0.05) is 7.05 Å². The standard InChI is InChI=1S/C9H15NO3/c1-8-4-9(5-8,6-13-8)7(11)10(2)12-3/h4-6H2,1-3H3. The van der Waals surface area contributed by atoms with E-state index >= 15 is 0 Å². The minimum atomic E-state index is -0.278. The highest BCUT2D eigenvalue weighted by molar-refractivity contribution is 5.84. The van der Waals surface area contributed by atoms with E-state index in [4.69, 9.17) is 9.57 Å². The minimum Gasteiger partial charge on any atom is -0.374 e. The average Bonchev–Trinajstić information content (AvgIpc) is 2.56. The molecule has 0 atom stereocenters. The van der Waals surface area contributed by atoms with Crippen LogP contribution in [0.3, 0.4) is 0 Å². The van der Waals surface area contributed by atoms with E-state index in [1.165, 1.54) is 12.2 Å². The van der Waals surface area contributed by atoms with Crippen LogP contribution in [0.4, 0.5) is 0 Å². The summed E-state index contributed by atoms with van der Waals surface area (Å²) in [4.78, 5) is 16.7. The Morgan fingerprint density at radius 3 is 2.54 bits per heavy atom. The Balaban J connectivity index is 2.07. The highest BCUT2D eigenvalue weighted by atomic mass is 16.7. The molecule has 0 aromatic carbocycles. The molecule has 1 saturated carbocycles. The molecule has 4 nitrogen and oxygen atoms in total. The molecule has 3 rings (SSSR count). The van der Waals surface area contributed by atoms with E-state index in [1.54, 1.807) is 7.05 Å². The van der Waals surface area contributed by atoms with Crippen molar-refractivity contribution in [3.05, 3.63) is 0 Å². The van der Waals surface area contributed by atoms with Crippen molar-refractivity contribution in [3.8, 4) is 0 Å². The van der Waals surface area contributed by atoms with Crippen LogP contribution in [0.25, 0.3) is 0 Å². The van der Waals surface area contributed by atoms with Crippen molar-refractivity contribution in [2.75, 3.05) is 20.8 Å². The van der Waals surface area contributed by atoms with Gasteiger partial charge in [-0.1, -0.05) is 0 Å². The second-order valence-electron chi connectivity index (χ2n) is 4.36. The number of carbonyl (C=O) groups excluding carboxylic acids is 1. The molecule has 3 fully saturated rings. The lowest BCUT2D eigenvalue weighted by molar-refractivity contribution is -0.184. The van der Waals surface area contributed by atoms with Crippen molar-refractivity contribution in [3.63, 3.8) is 0 Å². The highest BCUT2D eigenvalue weighted by Gasteiger charge is 2.64. The average molecular weight is 185 g/mol. The number of rotatable bonds is 2. The van der Waals surface area contributed by atoms with Crippen LogP contribution in [0.2, 0.25) is 0 Å². The Morgan fingerprint density at radius 1 is 1.54 bits per heavy atom. The maximum Gasteiger partial charge on any atom is 0.254 e. The number of nitrogens with zero attached hydrogens (tertiary/aromatic N) is 1. The minimum absolute atomic E-state index is 0.0375. The number of hydrogen-bond donors (Lipinski definition) is 0. The normalized spacial score (nSPS) is 41.5. The predicted octanol–water partition coefficient (Wildman–Crippen LogP) is 0.575. The number of ether oxygens (including phenoxy) is 1. The molecule has 0 radical (unpaired) electrons. The maximum absolute atomic E-state index is 11.8. The fourth-order valence-electron chi connectivity index (χ4n) is 2.53. The van der Waals surface area contributed by atoms with Gasteiger partial charge in [-0.25, -0.2) is 5.06 Å². The molecule has 2 saturated heterocycles. The maximum atomic E-state index is 11.8. The van der Waals surface area contributed by atoms with Crippen LogP contribution in [-0.2, 0) is 14.4 Å². The SMILES string of the molecule is CON(C)C(=O)C12COC(C)(C1)C2. The Morgan fingerprint density at radius 2 is 2.15 bits per heavy atom. The summed E-state index contributed by atoms with van der Waals surface area (Å²) in [5.74, 6) is 0.0463. The van der Waals surface area contributed by atoms with Crippen molar-refractivity contribution in [1.82, 2.24) is 5.06 Å². The van der Waals surface area contributed by atoms with Crippen LogP contribution < -0.4 is 0 Å². The van der Waals surface area contributed by atoms with Gasteiger partial charge in [-0.15, -0.1) is 0 Å². The van der Waals surface area contributed by atoms with Gasteiger partial charge in [0.05, 0.1) is 24.7 Å². The van der Waals surface area contributed by atoms with E-state index < -0.39 is 0 Å². The number of amides is 1. The van der Waals surface area contributed by atoms with Gasteiger partial charge in [0.15, 0.2) is 0 Å². The molecule has 0 spiro atoms. The van der Waals surface area contributed by atoms with E-state index in [9.17, 15) is 4.79 Å². The first kappa shape index (κ1) is 8.97. The highest BCUT2D eigenvalue weighted by Crippen LogP contribution is 2.58. The first-order chi connectivity index (χ1) is 6.01. The molecule has 0 unspecified atom stereocenters. The second kappa shape index (κ2) is 2.45. The lowest BCUT2D eigenvalue weighted by Crippen LogP contribution is -2.51. The Hall–Kier alpha value is -0.610. The summed E-state index contributed by atoms with van der Waals surface area (Å²) in [6.45, 7) is 2.61. The lowest BCUT2D eigenvalue weighted by atomic mass is 9.63. The Kier molecular flexibility index (Phi) is 1.69. The zero-order valence-electron chi connectivity index (χ0n) is 8.29. The van der Waals surface area contributed by atoms with E-state index in [0.717, 1.165) is 12.8 Å². The zero-order chi connectivity index (χ0) is 9.69. The van der Waals surface area contributed by atoms with Gasteiger partial charge in [0.2, 0.25) is 0 Å². The third-order valence-corrected chi connectivity index (χ3v) is 3.14. The van der Waals surface area contributed by atoms with Crippen LogP contribution in [0.5, 0.6) is 0 Å². The molecule has 4 heteroatoms. The molecule has 1 amide bonds. The third kappa shape index (κ3) is 1.09. The number of fused-ring (bicyclic) bond motifs is 1. The van der Waals surface area contributed by atoms with Gasteiger partial charge < -0.3 is 4.74 Å². The Labute approximate surface area is 77.7 Å². The summed E-state index contributed by atoms with van der Waals surface area (Å²) >= 11 is 0. The molecule has 1 aliphatic carbocycles. The van der Waals surface area contributed by atoms with Gasteiger partial charge in [-0.3, -0.25) is 9.63 Å². The number of hydroxylamine groups is 2. The quantitative estimate of drug-likeness (QED) is 0.590. The molecule has 2 heterocycles. The largest absolute Gasteiger partial charge is 0.374 e. The first-order valence-electron chi connectivity index (χ1n) is 4.48. The topological polar surface area (TPSA) is 38.8 Å². The molecule has 2 aliphatic heterocycles. The van der Waals surface area contributed by atoms with Crippen molar-refractivity contribution < 1.29 is 14.4 Å². The van der Waals surface area contributed by atoms with E-state index in [1.807, 2.05) is 0 Å². The third-order valence-electron chi connectivity index (χ3n) is 3.14. The smallest absolute Gasteiger partial charge is 0.254 e. The Bertz CT molecular complexity index is 245. The van der Waals surface area contributed by atoms with Crippen molar-refractivity contribution in [2.45, 2.75) is 25.4 Å². The molecule has 2 bridgehead atoms. The molecular weight excluding hydrogens is 170 g/mol. The van der Waals surface area contributed by atoms with Crippen molar-refractivity contribution in [1.29, 1.82) is 0 Å². The summed E-state index contributed by atoms with van der Waals surface area (Å²) in [5, 5.41) is 1.30. The monoisotopic (exact) mass is 185 g/mol. The molecule has 0 aromatic heterocycles. The van der Waals surface area contributed by atoms with Crippen LogP contribution in [0.15, 0.2) is 0 Å². The fourth-order valence-corrected chi connectivity index (χ4v) is 2.53. The number of hydrogen-bond acceptors (Lipinski definition) is 3. The molecule has 74 valence electrons. The van der Waals surface area contributed by atoms with E-state index in [0.29, 0.717) is 6.61 Å². The summed E-state index contributed by atoms with van der Waals surface area (Å²) in [6.07, 6.45) is 1.68. The predicted molar refractivity (Wildman–Crippen MR) is 45.8 cm³/mol. The first-order valence-corrected chi connectivity index (χ1v) is 4.48. The van der Waals surface area contributed by atoms with Gasteiger partial charge in [0.25, 0.3) is 5.91 Å². The summed E-state index contributed by atoms with van der Waals surface area (Å²) < 4.78 is 5.53. The van der Waals surface area contributed by atoms with E-state index in [2.05, 4.69) is 6.92 Å². The van der Waals surface area contributed by atoms with Gasteiger partial charge in [-0.2, -0.15) is 0 Å². The van der Waals surface area contributed by atoms with Crippen LogP contribution in [0.1, 0.15) is 19.8 Å². The molecule has 0 aromatic rings. The van der Waals surface area contributed by atoms with Crippen molar-refractivity contribution in [2.24, 2.45) is 5.41 Å². The second-order valence-corrected chi connectivity index (χ2v) is 4.36. The molecule has 13 heavy (non-hydrogen) atoms. The lowest BCUT2D eigenvalue weighted by Gasteiger charge is -2.42. The van der Waals surface area contributed by atoms with E-state index in [-0.39, 0.29) is 16.9 Å². The van der Waals surface area contributed by atoms with Crippen LogP contribution in [0, 0.1) is 5.41 Å². The van der Waals surface area contributed by atoms with Crippen LogP contribution in [-0.4, -0.2) is 37.3 Å². The summed E-state index contributed by atoms with van der Waals surface area (Å²) in [6, 6.07) is 0. The zero-order valence-corrected chi connectivity index (χ0v) is 8.29. The van der Waals surface area contributed by atoms with Gasteiger partial charge in [0.1, 0.15) is 0 Å².